The maximum atomic E-state index is 6.03. The van der Waals surface area contributed by atoms with Crippen molar-refractivity contribution in [2.75, 3.05) is 5.73 Å². The van der Waals surface area contributed by atoms with Crippen molar-refractivity contribution in [3.63, 3.8) is 0 Å². The topological polar surface area (TPSA) is 77.0 Å². The molecular formula is C16H22N4. The van der Waals surface area contributed by atoms with Gasteiger partial charge in [-0.3, -0.25) is 11.3 Å². The van der Waals surface area contributed by atoms with Crippen LogP contribution >= 0.6 is 0 Å². The largest absolute Gasteiger partial charge is 0.383 e. The number of hydrazine groups is 1. The van der Waals surface area contributed by atoms with Gasteiger partial charge in [-0.25, -0.2) is 4.98 Å². The van der Waals surface area contributed by atoms with Gasteiger partial charge >= 0.3 is 0 Å². The van der Waals surface area contributed by atoms with Crippen LogP contribution < -0.4 is 17.0 Å². The Morgan fingerprint density at radius 2 is 1.85 bits per heavy atom. The molecule has 0 bridgehead atoms. The van der Waals surface area contributed by atoms with Crippen LogP contribution in [0.25, 0.3) is 0 Å². The lowest BCUT2D eigenvalue weighted by molar-refractivity contribution is 0.353. The van der Waals surface area contributed by atoms with Gasteiger partial charge in [0.15, 0.2) is 0 Å². The lowest BCUT2D eigenvalue weighted by atomic mass is 9.75. The standard InChI is InChI=1S/C16H22N4/c1-11-9-13(15(17)19-10-11)14(20-18)16(2,3)12-7-5-4-6-8-12/h4-10,14,20H,18H2,1-3H3,(H2,17,19). The third-order valence-electron chi connectivity index (χ3n) is 3.80. The number of nitrogen functional groups attached to an aromatic ring is 1. The molecule has 2 rings (SSSR count). The number of benzene rings is 1. The molecule has 0 fully saturated rings. The van der Waals surface area contributed by atoms with E-state index in [2.05, 4.69) is 36.4 Å². The summed E-state index contributed by atoms with van der Waals surface area (Å²) in [5, 5.41) is 0. The number of pyridine rings is 1. The smallest absolute Gasteiger partial charge is 0.128 e. The zero-order valence-electron chi connectivity index (χ0n) is 12.2. The van der Waals surface area contributed by atoms with E-state index in [-0.39, 0.29) is 11.5 Å². The Hall–Kier alpha value is -1.91. The minimum absolute atomic E-state index is 0.114. The van der Waals surface area contributed by atoms with Crippen LogP contribution in [0.3, 0.4) is 0 Å². The number of aryl methyl sites for hydroxylation is 1. The van der Waals surface area contributed by atoms with Crippen molar-refractivity contribution < 1.29 is 0 Å². The maximum Gasteiger partial charge on any atom is 0.128 e. The average molecular weight is 270 g/mol. The zero-order valence-corrected chi connectivity index (χ0v) is 12.2. The summed E-state index contributed by atoms with van der Waals surface area (Å²) in [6.45, 7) is 6.29. The second-order valence-corrected chi connectivity index (χ2v) is 5.67. The van der Waals surface area contributed by atoms with Crippen LogP contribution in [-0.2, 0) is 5.41 Å². The number of hydrogen-bond acceptors (Lipinski definition) is 4. The van der Waals surface area contributed by atoms with Gasteiger partial charge in [0.2, 0.25) is 0 Å². The first-order valence-corrected chi connectivity index (χ1v) is 6.70. The minimum atomic E-state index is -0.209. The Bertz CT molecular complexity index is 578. The van der Waals surface area contributed by atoms with Gasteiger partial charge in [-0.2, -0.15) is 0 Å². The summed E-state index contributed by atoms with van der Waals surface area (Å²) < 4.78 is 0. The van der Waals surface area contributed by atoms with E-state index in [4.69, 9.17) is 11.6 Å². The van der Waals surface area contributed by atoms with Crippen LogP contribution in [0, 0.1) is 6.92 Å². The molecule has 1 aromatic carbocycles. The van der Waals surface area contributed by atoms with Crippen LogP contribution in [0.5, 0.6) is 0 Å². The third-order valence-corrected chi connectivity index (χ3v) is 3.80. The summed E-state index contributed by atoms with van der Waals surface area (Å²) in [6, 6.07) is 12.2. The van der Waals surface area contributed by atoms with Crippen molar-refractivity contribution in [2.45, 2.75) is 32.2 Å². The molecule has 2 aromatic rings. The SMILES string of the molecule is Cc1cnc(N)c(C(NN)C(C)(C)c2ccccc2)c1. The summed E-state index contributed by atoms with van der Waals surface area (Å²) in [4.78, 5) is 4.24. The van der Waals surface area contributed by atoms with E-state index in [0.717, 1.165) is 11.1 Å². The number of nitrogens with one attached hydrogen (secondary N) is 1. The Kier molecular flexibility index (Phi) is 4.06. The average Bonchev–Trinajstić information content (AvgIpc) is 2.44. The van der Waals surface area contributed by atoms with E-state index in [9.17, 15) is 0 Å². The monoisotopic (exact) mass is 270 g/mol. The predicted octanol–water partition coefficient (Wildman–Crippen LogP) is 2.45. The van der Waals surface area contributed by atoms with Crippen molar-refractivity contribution in [3.05, 3.63) is 59.3 Å². The Labute approximate surface area is 120 Å². The minimum Gasteiger partial charge on any atom is -0.383 e. The molecule has 20 heavy (non-hydrogen) atoms. The lowest BCUT2D eigenvalue weighted by Gasteiger charge is -2.35. The number of rotatable bonds is 4. The van der Waals surface area contributed by atoms with Crippen molar-refractivity contribution in [1.29, 1.82) is 0 Å². The van der Waals surface area contributed by atoms with Gasteiger partial charge in [0.1, 0.15) is 5.82 Å². The van der Waals surface area contributed by atoms with E-state index in [1.807, 2.05) is 31.2 Å². The van der Waals surface area contributed by atoms with E-state index >= 15 is 0 Å². The molecule has 4 heteroatoms. The molecule has 1 heterocycles. The molecule has 0 amide bonds. The Morgan fingerprint density at radius 3 is 2.45 bits per heavy atom. The first-order chi connectivity index (χ1) is 9.46. The van der Waals surface area contributed by atoms with Crippen LogP contribution in [0.15, 0.2) is 42.6 Å². The van der Waals surface area contributed by atoms with E-state index < -0.39 is 0 Å². The zero-order chi connectivity index (χ0) is 14.8. The maximum absolute atomic E-state index is 6.03. The van der Waals surface area contributed by atoms with Crippen molar-refractivity contribution in [3.8, 4) is 0 Å². The fraction of sp³-hybridized carbons (Fsp3) is 0.312. The first-order valence-electron chi connectivity index (χ1n) is 6.70. The number of hydrogen-bond donors (Lipinski definition) is 3. The highest BCUT2D eigenvalue weighted by atomic mass is 15.2. The Morgan fingerprint density at radius 1 is 1.20 bits per heavy atom. The second kappa shape index (κ2) is 5.61. The second-order valence-electron chi connectivity index (χ2n) is 5.67. The van der Waals surface area contributed by atoms with Crippen molar-refractivity contribution in [2.24, 2.45) is 5.84 Å². The molecule has 1 atom stereocenters. The highest BCUT2D eigenvalue weighted by molar-refractivity contribution is 5.46. The first kappa shape index (κ1) is 14.5. The molecule has 0 spiro atoms. The molecule has 1 unspecified atom stereocenters. The summed E-state index contributed by atoms with van der Waals surface area (Å²) in [5.41, 5.74) is 11.9. The van der Waals surface area contributed by atoms with Crippen LogP contribution in [0.4, 0.5) is 5.82 Å². The molecule has 0 aliphatic rings. The van der Waals surface area contributed by atoms with Gasteiger partial charge < -0.3 is 5.73 Å². The molecule has 0 radical (unpaired) electrons. The van der Waals surface area contributed by atoms with E-state index in [1.54, 1.807) is 6.20 Å². The van der Waals surface area contributed by atoms with E-state index in [0.29, 0.717) is 5.82 Å². The van der Waals surface area contributed by atoms with Crippen molar-refractivity contribution in [1.82, 2.24) is 10.4 Å². The summed E-state index contributed by atoms with van der Waals surface area (Å²) in [6.07, 6.45) is 1.77. The molecular weight excluding hydrogens is 248 g/mol. The number of nitrogens with zero attached hydrogens (tertiary/aromatic N) is 1. The quantitative estimate of drug-likeness (QED) is 0.589. The molecule has 1 aromatic heterocycles. The van der Waals surface area contributed by atoms with Gasteiger partial charge in [-0.15, -0.1) is 0 Å². The van der Waals surface area contributed by atoms with Crippen LogP contribution in [0.1, 0.15) is 36.6 Å². The van der Waals surface area contributed by atoms with E-state index in [1.165, 1.54) is 5.56 Å². The lowest BCUT2D eigenvalue weighted by Crippen LogP contribution is -2.41. The van der Waals surface area contributed by atoms with Gasteiger partial charge in [-0.05, 0) is 24.1 Å². The molecule has 0 saturated heterocycles. The predicted molar refractivity (Wildman–Crippen MR) is 82.9 cm³/mol. The third kappa shape index (κ3) is 2.66. The molecule has 0 aliphatic heterocycles. The van der Waals surface area contributed by atoms with Crippen LogP contribution in [-0.4, -0.2) is 4.98 Å². The normalized spacial score (nSPS) is 13.2. The Balaban J connectivity index is 2.49. The summed E-state index contributed by atoms with van der Waals surface area (Å²) in [7, 11) is 0. The number of nitrogens with two attached hydrogens (primary N) is 2. The molecule has 0 aliphatic carbocycles. The molecule has 5 N–H and O–H groups in total. The summed E-state index contributed by atoms with van der Waals surface area (Å²) in [5.74, 6) is 6.33. The highest BCUT2D eigenvalue weighted by Crippen LogP contribution is 2.38. The fourth-order valence-corrected chi connectivity index (χ4v) is 2.55. The van der Waals surface area contributed by atoms with Gasteiger partial charge in [0.05, 0.1) is 6.04 Å². The van der Waals surface area contributed by atoms with Gasteiger partial charge in [-0.1, -0.05) is 44.2 Å². The fourth-order valence-electron chi connectivity index (χ4n) is 2.55. The number of anilines is 1. The van der Waals surface area contributed by atoms with Crippen molar-refractivity contribution >= 4 is 5.82 Å². The summed E-state index contributed by atoms with van der Waals surface area (Å²) >= 11 is 0. The van der Waals surface area contributed by atoms with Gasteiger partial charge in [0, 0.05) is 17.2 Å². The highest BCUT2D eigenvalue weighted by Gasteiger charge is 2.33. The van der Waals surface area contributed by atoms with Crippen LogP contribution in [0.2, 0.25) is 0 Å². The van der Waals surface area contributed by atoms with Gasteiger partial charge in [0.25, 0.3) is 0 Å². The number of aromatic nitrogens is 1. The molecule has 4 nitrogen and oxygen atoms in total. The molecule has 106 valence electrons. The molecule has 0 saturated carbocycles.